The highest BCUT2D eigenvalue weighted by atomic mass is 16.5. The van der Waals surface area contributed by atoms with Gasteiger partial charge in [-0.25, -0.2) is 0 Å². The lowest BCUT2D eigenvalue weighted by atomic mass is 10.0. The Labute approximate surface area is 180 Å². The van der Waals surface area contributed by atoms with Gasteiger partial charge in [-0.2, -0.15) is 0 Å². The van der Waals surface area contributed by atoms with E-state index in [1.54, 1.807) is 13.8 Å². The van der Waals surface area contributed by atoms with Crippen molar-refractivity contribution in [3.8, 4) is 5.75 Å². The van der Waals surface area contributed by atoms with Gasteiger partial charge in [-0.05, 0) is 31.4 Å². The maximum Gasteiger partial charge on any atom is 0.325 e. The third kappa shape index (κ3) is 14.4. The van der Waals surface area contributed by atoms with E-state index in [-0.39, 0.29) is 19.0 Å². The Balaban J connectivity index is 0. The minimum atomic E-state index is -0.712. The molecule has 1 aromatic carbocycles. The van der Waals surface area contributed by atoms with E-state index in [4.69, 9.17) is 10.5 Å². The van der Waals surface area contributed by atoms with E-state index in [9.17, 15) is 14.4 Å². The number of carbonyl (C=O) groups excluding carboxylic acids is 3. The molecule has 0 saturated heterocycles. The minimum absolute atomic E-state index is 0.108. The van der Waals surface area contributed by atoms with Crippen LogP contribution in [-0.2, 0) is 19.1 Å². The Bertz CT molecular complexity index is 603. The summed E-state index contributed by atoms with van der Waals surface area (Å²) in [6, 6.07) is 7.42. The van der Waals surface area contributed by atoms with Crippen LogP contribution in [0.1, 0.15) is 46.6 Å². The van der Waals surface area contributed by atoms with E-state index < -0.39 is 23.8 Å². The number of benzene rings is 1. The molecule has 172 valence electrons. The number of hydrogen-bond acceptors (Lipinski definition) is 6. The Morgan fingerprint density at radius 3 is 2.10 bits per heavy atom. The third-order valence-corrected chi connectivity index (χ3v) is 3.58. The third-order valence-electron chi connectivity index (χ3n) is 3.58. The number of rotatable bonds is 9. The second-order valence-electron chi connectivity index (χ2n) is 6.45. The first kappa shape index (κ1) is 29.6. The fourth-order valence-electron chi connectivity index (χ4n) is 1.96. The van der Waals surface area contributed by atoms with Gasteiger partial charge in [0, 0.05) is 0 Å². The molecule has 0 aliphatic carbocycles. The Morgan fingerprint density at radius 1 is 1.10 bits per heavy atom. The molecule has 0 fully saturated rings. The first-order valence-electron chi connectivity index (χ1n) is 10.3. The number of nitrogens with one attached hydrogen (secondary N) is 2. The number of amides is 2. The summed E-state index contributed by atoms with van der Waals surface area (Å²) in [5.74, 6) is -0.546. The monoisotopic (exact) mass is 425 g/mol. The van der Waals surface area contributed by atoms with Crippen molar-refractivity contribution in [1.29, 1.82) is 0 Å². The molecule has 1 atom stereocenters. The predicted octanol–water partition coefficient (Wildman–Crippen LogP) is 2.19. The smallest absolute Gasteiger partial charge is 0.325 e. The van der Waals surface area contributed by atoms with Crippen LogP contribution < -0.4 is 21.1 Å². The Hall–Kier alpha value is -2.61. The fraction of sp³-hybridized carbons (Fsp3) is 0.591. The van der Waals surface area contributed by atoms with Crippen LogP contribution in [0.5, 0.6) is 5.75 Å². The average molecular weight is 426 g/mol. The zero-order valence-electron chi connectivity index (χ0n) is 19.4. The highest BCUT2D eigenvalue weighted by molar-refractivity contribution is 5.90. The van der Waals surface area contributed by atoms with E-state index in [0.717, 1.165) is 18.8 Å². The molecule has 4 N–H and O–H groups in total. The molecule has 0 aliphatic heterocycles. The van der Waals surface area contributed by atoms with Crippen LogP contribution in [0.2, 0.25) is 0 Å². The van der Waals surface area contributed by atoms with Crippen LogP contribution in [-0.4, -0.2) is 50.6 Å². The van der Waals surface area contributed by atoms with Crippen LogP contribution in [0, 0.1) is 12.8 Å². The molecule has 8 nitrogen and oxygen atoms in total. The molecule has 30 heavy (non-hydrogen) atoms. The first-order valence-corrected chi connectivity index (χ1v) is 10.3. The maximum absolute atomic E-state index is 11.7. The molecule has 0 aliphatic rings. The number of carbonyl (C=O) groups is 3. The predicted molar refractivity (Wildman–Crippen MR) is 119 cm³/mol. The largest absolute Gasteiger partial charge is 0.494 e. The van der Waals surface area contributed by atoms with Crippen molar-refractivity contribution in [1.82, 2.24) is 10.6 Å². The summed E-state index contributed by atoms with van der Waals surface area (Å²) in [6.07, 6.45) is 1.06. The summed E-state index contributed by atoms with van der Waals surface area (Å²) < 4.78 is 9.79. The van der Waals surface area contributed by atoms with Gasteiger partial charge in [-0.15, -0.1) is 0 Å². The minimum Gasteiger partial charge on any atom is -0.494 e. The van der Waals surface area contributed by atoms with Crippen molar-refractivity contribution in [2.75, 3.05) is 26.8 Å². The molecule has 8 heteroatoms. The zero-order valence-corrected chi connectivity index (χ0v) is 19.4. The van der Waals surface area contributed by atoms with Crippen molar-refractivity contribution in [2.24, 2.45) is 11.7 Å². The maximum atomic E-state index is 11.7. The van der Waals surface area contributed by atoms with Gasteiger partial charge in [-0.1, -0.05) is 52.3 Å². The number of ether oxygens (including phenoxy) is 2. The van der Waals surface area contributed by atoms with Gasteiger partial charge < -0.3 is 25.8 Å². The molecule has 1 unspecified atom stereocenters. The standard InChI is InChI=1S/C10H19N3O4.C10H14O.C2H6/c1-6(2)9(13-7(14)4-11)10(16)12-5-8(15)17-3;1-3-8-11-10-6-4-9(2)5-7-10;1-2/h6,9H,4-5,11H2,1-3H3,(H,12,16)(H,13,14);4-7H,3,8H2,1-2H3;1-2H3. The molecule has 0 radical (unpaired) electrons. The quantitative estimate of drug-likeness (QED) is 0.522. The normalized spacial score (nSPS) is 10.4. The van der Waals surface area contributed by atoms with Crippen molar-refractivity contribution in [3.05, 3.63) is 29.8 Å². The molecule has 2 amide bonds. The van der Waals surface area contributed by atoms with Gasteiger partial charge >= 0.3 is 5.97 Å². The van der Waals surface area contributed by atoms with Crippen molar-refractivity contribution in [3.63, 3.8) is 0 Å². The lowest BCUT2D eigenvalue weighted by molar-refractivity contribution is -0.141. The van der Waals surface area contributed by atoms with Gasteiger partial charge in [0.2, 0.25) is 11.8 Å². The summed E-state index contributed by atoms with van der Waals surface area (Å²) in [7, 11) is 1.23. The van der Waals surface area contributed by atoms with Gasteiger partial charge in [-0.3, -0.25) is 14.4 Å². The van der Waals surface area contributed by atoms with Gasteiger partial charge in [0.15, 0.2) is 0 Å². The summed E-state index contributed by atoms with van der Waals surface area (Å²) in [5.41, 5.74) is 6.42. The highest BCUT2D eigenvalue weighted by Crippen LogP contribution is 2.11. The first-order chi connectivity index (χ1) is 14.2. The van der Waals surface area contributed by atoms with Gasteiger partial charge in [0.05, 0.1) is 20.3 Å². The van der Waals surface area contributed by atoms with Crippen LogP contribution >= 0.6 is 0 Å². The van der Waals surface area contributed by atoms with Crippen molar-refractivity contribution in [2.45, 2.75) is 54.0 Å². The number of esters is 1. The van der Waals surface area contributed by atoms with E-state index in [2.05, 4.69) is 41.4 Å². The van der Waals surface area contributed by atoms with Crippen LogP contribution in [0.3, 0.4) is 0 Å². The second kappa shape index (κ2) is 18.4. The van der Waals surface area contributed by atoms with Crippen molar-refractivity contribution < 1.29 is 23.9 Å². The van der Waals surface area contributed by atoms with Crippen LogP contribution in [0.15, 0.2) is 24.3 Å². The number of hydrogen-bond donors (Lipinski definition) is 3. The molecule has 0 spiro atoms. The second-order valence-corrected chi connectivity index (χ2v) is 6.45. The van der Waals surface area contributed by atoms with E-state index in [1.807, 2.05) is 26.0 Å². The summed E-state index contributed by atoms with van der Waals surface area (Å²) >= 11 is 0. The molecule has 0 bridgehead atoms. The van der Waals surface area contributed by atoms with Crippen LogP contribution in [0.25, 0.3) is 0 Å². The number of nitrogens with two attached hydrogens (primary N) is 1. The fourth-order valence-corrected chi connectivity index (χ4v) is 1.96. The van der Waals surface area contributed by atoms with Crippen molar-refractivity contribution >= 4 is 17.8 Å². The number of methoxy groups -OCH3 is 1. The molecule has 1 rings (SSSR count). The zero-order chi connectivity index (χ0) is 23.5. The molecule has 1 aromatic rings. The Morgan fingerprint density at radius 2 is 1.67 bits per heavy atom. The van der Waals surface area contributed by atoms with Gasteiger partial charge in [0.1, 0.15) is 18.3 Å². The van der Waals surface area contributed by atoms with Crippen LogP contribution in [0.4, 0.5) is 0 Å². The van der Waals surface area contributed by atoms with E-state index in [0.29, 0.717) is 0 Å². The SMILES string of the molecule is CC.CCCOc1ccc(C)cc1.COC(=O)CNC(=O)C(NC(=O)CN)C(C)C. The number of aryl methyl sites for hydroxylation is 1. The molecular formula is C22H39N3O5. The summed E-state index contributed by atoms with van der Waals surface area (Å²) in [6.45, 7) is 12.1. The molecule has 0 heterocycles. The van der Waals surface area contributed by atoms with Gasteiger partial charge in [0.25, 0.3) is 0 Å². The topological polar surface area (TPSA) is 120 Å². The summed E-state index contributed by atoms with van der Waals surface area (Å²) in [4.78, 5) is 33.6. The molecular weight excluding hydrogens is 386 g/mol. The lowest BCUT2D eigenvalue weighted by Crippen LogP contribution is -2.51. The summed E-state index contributed by atoms with van der Waals surface area (Å²) in [5, 5.41) is 4.85. The lowest BCUT2D eigenvalue weighted by Gasteiger charge is -2.21. The van der Waals surface area contributed by atoms with E-state index >= 15 is 0 Å². The molecule has 0 aromatic heterocycles. The molecule has 0 saturated carbocycles. The van der Waals surface area contributed by atoms with E-state index in [1.165, 1.54) is 12.7 Å². The average Bonchev–Trinajstić information content (AvgIpc) is 2.76. The highest BCUT2D eigenvalue weighted by Gasteiger charge is 2.23. The Kier molecular flexibility index (Phi) is 18.2.